The molecule has 0 fully saturated rings. The number of allylic oxidation sites excluding steroid dienone is 2. The van der Waals surface area contributed by atoms with E-state index in [0.717, 1.165) is 25.0 Å². The van der Waals surface area contributed by atoms with Crippen molar-refractivity contribution in [1.29, 1.82) is 0 Å². The lowest BCUT2D eigenvalue weighted by molar-refractivity contribution is -0.115. The first kappa shape index (κ1) is 12.2. The Morgan fingerprint density at radius 3 is 2.38 bits per heavy atom. The molecule has 0 aromatic carbocycles. The van der Waals surface area contributed by atoms with E-state index in [4.69, 9.17) is 0 Å². The minimum absolute atomic E-state index is 0.263. The van der Waals surface area contributed by atoms with E-state index in [0.29, 0.717) is 6.04 Å². The minimum atomic E-state index is 0.263. The van der Waals surface area contributed by atoms with E-state index in [1.807, 2.05) is 13.8 Å². The van der Waals surface area contributed by atoms with Gasteiger partial charge in [-0.05, 0) is 26.7 Å². The summed E-state index contributed by atoms with van der Waals surface area (Å²) in [5.41, 5.74) is 1.11. The molecule has 1 rings (SSSR count). The molecule has 0 unspecified atom stereocenters. The smallest absolute Gasteiger partial charge is 0.157 e. The van der Waals surface area contributed by atoms with Gasteiger partial charge in [0.25, 0.3) is 0 Å². The lowest BCUT2D eigenvalue weighted by Gasteiger charge is -2.16. The highest BCUT2D eigenvalue weighted by molar-refractivity contribution is 5.91. The van der Waals surface area contributed by atoms with Gasteiger partial charge >= 0.3 is 0 Å². The first-order valence-electron chi connectivity index (χ1n) is 5.18. The molecule has 2 nitrogen and oxygen atoms in total. The van der Waals surface area contributed by atoms with E-state index in [1.54, 1.807) is 6.08 Å². The van der Waals surface area contributed by atoms with Crippen LogP contribution in [0.15, 0.2) is 11.8 Å². The molecule has 0 aromatic heterocycles. The zero-order valence-electron chi connectivity index (χ0n) is 9.18. The second-order valence-corrected chi connectivity index (χ2v) is 3.29. The second kappa shape index (κ2) is 6.70. The SMILES string of the molecule is CC.CC(C)NC1=CC(=O)CCC1. The molecule has 0 aromatic rings. The fraction of sp³-hybridized carbons (Fsp3) is 0.727. The maximum atomic E-state index is 10.9. The van der Waals surface area contributed by atoms with Crippen LogP contribution < -0.4 is 5.32 Å². The van der Waals surface area contributed by atoms with Crippen LogP contribution in [-0.4, -0.2) is 11.8 Å². The third-order valence-electron chi connectivity index (χ3n) is 1.68. The van der Waals surface area contributed by atoms with Gasteiger partial charge in [0.1, 0.15) is 0 Å². The summed E-state index contributed by atoms with van der Waals surface area (Å²) in [6.07, 6.45) is 4.50. The second-order valence-electron chi connectivity index (χ2n) is 3.29. The molecule has 76 valence electrons. The van der Waals surface area contributed by atoms with Gasteiger partial charge in [0.2, 0.25) is 0 Å². The van der Waals surface area contributed by atoms with Crippen LogP contribution in [0.2, 0.25) is 0 Å². The van der Waals surface area contributed by atoms with Crippen molar-refractivity contribution in [2.24, 2.45) is 0 Å². The Labute approximate surface area is 81.4 Å². The molecule has 0 bridgehead atoms. The van der Waals surface area contributed by atoms with Gasteiger partial charge in [-0.1, -0.05) is 13.8 Å². The summed E-state index contributed by atoms with van der Waals surface area (Å²) in [7, 11) is 0. The number of hydrogen-bond acceptors (Lipinski definition) is 2. The molecule has 0 spiro atoms. The number of hydrogen-bond donors (Lipinski definition) is 1. The van der Waals surface area contributed by atoms with Crippen molar-refractivity contribution in [1.82, 2.24) is 5.32 Å². The Morgan fingerprint density at radius 1 is 1.31 bits per heavy atom. The van der Waals surface area contributed by atoms with Crippen LogP contribution in [0.25, 0.3) is 0 Å². The zero-order chi connectivity index (χ0) is 10.3. The van der Waals surface area contributed by atoms with Gasteiger partial charge < -0.3 is 5.32 Å². The third-order valence-corrected chi connectivity index (χ3v) is 1.68. The molecular weight excluding hydrogens is 162 g/mol. The first-order valence-corrected chi connectivity index (χ1v) is 5.18. The molecule has 1 N–H and O–H groups in total. The lowest BCUT2D eigenvalue weighted by Crippen LogP contribution is -2.24. The average Bonchev–Trinajstić information content (AvgIpc) is 2.06. The van der Waals surface area contributed by atoms with Crippen molar-refractivity contribution in [3.05, 3.63) is 11.8 Å². The predicted molar refractivity (Wildman–Crippen MR) is 56.6 cm³/mol. The molecule has 0 saturated carbocycles. The highest BCUT2D eigenvalue weighted by atomic mass is 16.1. The molecule has 2 heteroatoms. The number of carbonyl (C=O) groups is 1. The Balaban J connectivity index is 0.000000671. The van der Waals surface area contributed by atoms with Gasteiger partial charge in [-0.15, -0.1) is 0 Å². The molecule has 1 aliphatic carbocycles. The van der Waals surface area contributed by atoms with Crippen LogP contribution in [0, 0.1) is 0 Å². The summed E-state index contributed by atoms with van der Waals surface area (Å²) < 4.78 is 0. The quantitative estimate of drug-likeness (QED) is 0.713. The van der Waals surface area contributed by atoms with E-state index in [9.17, 15) is 4.79 Å². The molecule has 0 radical (unpaired) electrons. The van der Waals surface area contributed by atoms with Crippen molar-refractivity contribution in [3.8, 4) is 0 Å². The largest absolute Gasteiger partial charge is 0.386 e. The number of carbonyl (C=O) groups excluding carboxylic acids is 1. The summed E-state index contributed by atoms with van der Waals surface area (Å²) in [5.74, 6) is 0.263. The molecule has 0 aliphatic heterocycles. The highest BCUT2D eigenvalue weighted by Gasteiger charge is 2.09. The van der Waals surface area contributed by atoms with Crippen LogP contribution in [0.5, 0.6) is 0 Å². The fourth-order valence-electron chi connectivity index (χ4n) is 1.28. The maximum Gasteiger partial charge on any atom is 0.157 e. The first-order chi connectivity index (χ1) is 6.18. The Kier molecular flexibility index (Phi) is 6.29. The van der Waals surface area contributed by atoms with Crippen molar-refractivity contribution in [2.75, 3.05) is 0 Å². The van der Waals surface area contributed by atoms with Gasteiger partial charge in [0.15, 0.2) is 5.78 Å². The number of rotatable bonds is 2. The molecule has 0 atom stereocenters. The Hall–Kier alpha value is -0.790. The highest BCUT2D eigenvalue weighted by Crippen LogP contribution is 2.12. The van der Waals surface area contributed by atoms with Crippen molar-refractivity contribution >= 4 is 5.78 Å². The molecule has 0 saturated heterocycles. The van der Waals surface area contributed by atoms with Gasteiger partial charge in [0.05, 0.1) is 0 Å². The maximum absolute atomic E-state index is 10.9. The van der Waals surface area contributed by atoms with Gasteiger partial charge in [-0.3, -0.25) is 4.79 Å². The van der Waals surface area contributed by atoms with Crippen LogP contribution in [0.1, 0.15) is 47.0 Å². The Morgan fingerprint density at radius 2 is 1.92 bits per heavy atom. The molecule has 0 heterocycles. The fourth-order valence-corrected chi connectivity index (χ4v) is 1.28. The third kappa shape index (κ3) is 5.45. The van der Waals surface area contributed by atoms with Crippen LogP contribution in [0.3, 0.4) is 0 Å². The summed E-state index contributed by atoms with van der Waals surface area (Å²) in [5, 5.41) is 3.25. The van der Waals surface area contributed by atoms with Gasteiger partial charge in [-0.25, -0.2) is 0 Å². The summed E-state index contributed by atoms with van der Waals surface area (Å²) >= 11 is 0. The van der Waals surface area contributed by atoms with Crippen LogP contribution >= 0.6 is 0 Å². The predicted octanol–water partition coefficient (Wildman–Crippen LogP) is 2.65. The average molecular weight is 183 g/mol. The normalized spacial score (nSPS) is 16.1. The van der Waals surface area contributed by atoms with Crippen LogP contribution in [-0.2, 0) is 4.79 Å². The molecule has 0 amide bonds. The van der Waals surface area contributed by atoms with E-state index in [-0.39, 0.29) is 5.78 Å². The van der Waals surface area contributed by atoms with E-state index >= 15 is 0 Å². The van der Waals surface area contributed by atoms with Crippen molar-refractivity contribution < 1.29 is 4.79 Å². The molecule has 1 aliphatic rings. The lowest BCUT2D eigenvalue weighted by atomic mass is 10.0. The topological polar surface area (TPSA) is 29.1 Å². The van der Waals surface area contributed by atoms with Gasteiger partial charge in [0, 0.05) is 24.2 Å². The van der Waals surface area contributed by atoms with E-state index in [1.165, 1.54) is 0 Å². The number of ketones is 1. The van der Waals surface area contributed by atoms with E-state index in [2.05, 4.69) is 19.2 Å². The summed E-state index contributed by atoms with van der Waals surface area (Å²) in [6, 6.07) is 0.437. The monoisotopic (exact) mass is 183 g/mol. The molecular formula is C11H21NO. The zero-order valence-corrected chi connectivity index (χ0v) is 9.18. The van der Waals surface area contributed by atoms with Crippen LogP contribution in [0.4, 0.5) is 0 Å². The summed E-state index contributed by atoms with van der Waals surface area (Å²) in [6.45, 7) is 8.17. The standard InChI is InChI=1S/C9H15NO.C2H6/c1-7(2)10-8-4-3-5-9(11)6-8;1-2/h6-7,10H,3-5H2,1-2H3;1-2H3. The van der Waals surface area contributed by atoms with Gasteiger partial charge in [-0.2, -0.15) is 0 Å². The van der Waals surface area contributed by atoms with Crippen molar-refractivity contribution in [2.45, 2.75) is 53.0 Å². The Bertz CT molecular complexity index is 183. The summed E-state index contributed by atoms with van der Waals surface area (Å²) in [4.78, 5) is 10.9. The number of nitrogens with one attached hydrogen (secondary N) is 1. The van der Waals surface area contributed by atoms with E-state index < -0.39 is 0 Å². The minimum Gasteiger partial charge on any atom is -0.386 e. The van der Waals surface area contributed by atoms with Crippen molar-refractivity contribution in [3.63, 3.8) is 0 Å². The molecule has 13 heavy (non-hydrogen) atoms.